The third-order valence-corrected chi connectivity index (χ3v) is 5.68. The number of amides is 1. The smallest absolute Gasteiger partial charge is 0.288 e. The van der Waals surface area contributed by atoms with Crippen LogP contribution >= 0.6 is 23.4 Å². The van der Waals surface area contributed by atoms with Gasteiger partial charge < -0.3 is 5.32 Å². The molecule has 1 aromatic carbocycles. The molecule has 1 amide bonds. The van der Waals surface area contributed by atoms with Gasteiger partial charge in [-0.2, -0.15) is 18.7 Å². The summed E-state index contributed by atoms with van der Waals surface area (Å²) in [6, 6.07) is 8.91. The maximum Gasteiger partial charge on any atom is 0.288 e. The molecule has 32 heavy (non-hydrogen) atoms. The second-order valence-electron chi connectivity index (χ2n) is 7.28. The maximum absolute atomic E-state index is 12.8. The molecule has 1 aliphatic rings. The van der Waals surface area contributed by atoms with E-state index in [1.807, 2.05) is 6.07 Å². The Kier molecular flexibility index (Phi) is 6.39. The first-order chi connectivity index (χ1) is 15.3. The number of nitrogens with zero attached hydrogens (tertiary/aromatic N) is 5. The highest BCUT2D eigenvalue weighted by Gasteiger charge is 2.31. The van der Waals surface area contributed by atoms with Crippen molar-refractivity contribution in [2.45, 2.75) is 42.4 Å². The Morgan fingerprint density at radius 3 is 2.75 bits per heavy atom. The molecule has 11 heteroatoms. The first kappa shape index (κ1) is 22.2. The highest BCUT2D eigenvalue weighted by Crippen LogP contribution is 2.38. The molecule has 4 rings (SSSR count). The van der Waals surface area contributed by atoms with Crippen molar-refractivity contribution < 1.29 is 13.6 Å². The van der Waals surface area contributed by atoms with E-state index in [1.54, 1.807) is 23.7 Å². The van der Waals surface area contributed by atoms with Crippen molar-refractivity contribution in [1.82, 2.24) is 25.1 Å². The lowest BCUT2D eigenvalue weighted by Crippen LogP contribution is -2.29. The van der Waals surface area contributed by atoms with Crippen molar-refractivity contribution in [2.24, 2.45) is 0 Å². The summed E-state index contributed by atoms with van der Waals surface area (Å²) in [5.74, 6) is -1.21. The molecule has 0 aliphatic heterocycles. The fourth-order valence-corrected chi connectivity index (χ4v) is 3.99. The van der Waals surface area contributed by atoms with Crippen molar-refractivity contribution in [3.8, 4) is 11.9 Å². The molecule has 7 nitrogen and oxygen atoms in total. The summed E-state index contributed by atoms with van der Waals surface area (Å²) in [7, 11) is 0. The average molecular weight is 475 g/mol. The van der Waals surface area contributed by atoms with E-state index in [9.17, 15) is 13.6 Å². The molecule has 1 N–H and O–H groups in total. The van der Waals surface area contributed by atoms with Crippen LogP contribution in [0.25, 0.3) is 5.82 Å². The number of hydrogen-bond acceptors (Lipinski definition) is 6. The van der Waals surface area contributed by atoms with Gasteiger partial charge in [0.25, 0.3) is 11.7 Å². The number of carbonyl (C=O) groups is 1. The Balaban J connectivity index is 1.60. The summed E-state index contributed by atoms with van der Waals surface area (Å²) in [6.07, 6.45) is 3.44. The minimum atomic E-state index is -2.62. The van der Waals surface area contributed by atoms with E-state index in [0.29, 0.717) is 34.8 Å². The summed E-state index contributed by atoms with van der Waals surface area (Å²) in [6.45, 7) is 1.75. The van der Waals surface area contributed by atoms with Gasteiger partial charge in [0.1, 0.15) is 6.07 Å². The van der Waals surface area contributed by atoms with E-state index in [0.717, 1.165) is 12.8 Å². The topological polar surface area (TPSA) is 96.5 Å². The number of benzene rings is 1. The summed E-state index contributed by atoms with van der Waals surface area (Å²) in [4.78, 5) is 21.9. The SMILES string of the molecule is C[C@H](NC(=O)c1cc(Cl)cc(SC(F)F)c1)c1nc(C2CC2)nn1-c1ccc(C#N)cn1. The van der Waals surface area contributed by atoms with Gasteiger partial charge in [0.15, 0.2) is 17.5 Å². The van der Waals surface area contributed by atoms with Gasteiger partial charge in [-0.1, -0.05) is 23.4 Å². The van der Waals surface area contributed by atoms with E-state index < -0.39 is 17.7 Å². The van der Waals surface area contributed by atoms with Crippen LogP contribution in [0.2, 0.25) is 5.02 Å². The maximum atomic E-state index is 12.8. The van der Waals surface area contributed by atoms with Crippen LogP contribution in [-0.4, -0.2) is 31.4 Å². The average Bonchev–Trinajstić information content (AvgIpc) is 3.51. The fourth-order valence-electron chi connectivity index (χ4n) is 3.09. The molecule has 2 heterocycles. The summed E-state index contributed by atoms with van der Waals surface area (Å²) < 4.78 is 27.0. The number of nitriles is 1. The largest absolute Gasteiger partial charge is 0.342 e. The Morgan fingerprint density at radius 2 is 2.12 bits per heavy atom. The molecule has 0 unspecified atom stereocenters. The van der Waals surface area contributed by atoms with Crippen LogP contribution in [0.5, 0.6) is 0 Å². The van der Waals surface area contributed by atoms with Crippen LogP contribution in [0.4, 0.5) is 8.78 Å². The molecule has 1 fully saturated rings. The van der Waals surface area contributed by atoms with E-state index in [2.05, 4.69) is 20.4 Å². The number of rotatable bonds is 7. The monoisotopic (exact) mass is 474 g/mol. The number of pyridine rings is 1. The van der Waals surface area contributed by atoms with Crippen molar-refractivity contribution in [3.63, 3.8) is 0 Å². The number of nitrogens with one attached hydrogen (secondary N) is 1. The van der Waals surface area contributed by atoms with Crippen LogP contribution in [0.15, 0.2) is 41.4 Å². The number of carbonyl (C=O) groups excluding carboxylic acids is 1. The highest BCUT2D eigenvalue weighted by atomic mass is 35.5. The minimum absolute atomic E-state index is 0.164. The molecular weight excluding hydrogens is 458 g/mol. The van der Waals surface area contributed by atoms with Gasteiger partial charge in [0, 0.05) is 27.6 Å². The first-order valence-corrected chi connectivity index (χ1v) is 11.0. The molecule has 2 aromatic heterocycles. The van der Waals surface area contributed by atoms with Gasteiger partial charge >= 0.3 is 0 Å². The lowest BCUT2D eigenvalue weighted by Gasteiger charge is -2.15. The van der Waals surface area contributed by atoms with Gasteiger partial charge in [-0.05, 0) is 50.1 Å². The third-order valence-electron chi connectivity index (χ3n) is 4.78. The number of alkyl halides is 2. The zero-order chi connectivity index (χ0) is 22.8. The van der Waals surface area contributed by atoms with Crippen molar-refractivity contribution in [3.05, 3.63) is 64.3 Å². The van der Waals surface area contributed by atoms with Gasteiger partial charge in [-0.3, -0.25) is 4.79 Å². The van der Waals surface area contributed by atoms with Gasteiger partial charge in [-0.25, -0.2) is 9.97 Å². The number of hydrogen-bond donors (Lipinski definition) is 1. The number of thioether (sulfide) groups is 1. The summed E-state index contributed by atoms with van der Waals surface area (Å²) >= 11 is 6.33. The van der Waals surface area contributed by atoms with Crippen LogP contribution in [0.3, 0.4) is 0 Å². The quantitative estimate of drug-likeness (QED) is 0.491. The van der Waals surface area contributed by atoms with Gasteiger partial charge in [-0.15, -0.1) is 5.10 Å². The molecule has 0 saturated heterocycles. The number of aromatic nitrogens is 4. The zero-order valence-electron chi connectivity index (χ0n) is 16.8. The van der Waals surface area contributed by atoms with E-state index in [4.69, 9.17) is 16.9 Å². The van der Waals surface area contributed by atoms with Crippen molar-refractivity contribution >= 4 is 29.3 Å². The standard InChI is InChI=1S/C21H17ClF2N6OS/c1-11(27-20(31)14-6-15(22)8-16(7-14)32-21(23)24)19-28-18(13-3-4-13)29-30(19)17-5-2-12(9-25)10-26-17/h2,5-8,10-11,13,21H,3-4H2,1H3,(H,27,31)/t11-/m0/s1. The normalized spacial score (nSPS) is 14.2. The molecule has 164 valence electrons. The summed E-state index contributed by atoms with van der Waals surface area (Å²) in [5.41, 5.74) is 0.579. The molecule has 0 bridgehead atoms. The molecule has 1 aliphatic carbocycles. The second kappa shape index (κ2) is 9.22. The Labute approximate surface area is 191 Å². The minimum Gasteiger partial charge on any atom is -0.342 e. The van der Waals surface area contributed by atoms with Crippen LogP contribution in [-0.2, 0) is 0 Å². The molecule has 0 radical (unpaired) electrons. The lowest BCUT2D eigenvalue weighted by atomic mass is 10.2. The molecular formula is C21H17ClF2N6OS. The van der Waals surface area contributed by atoms with Gasteiger partial charge in [0.2, 0.25) is 0 Å². The molecule has 1 atom stereocenters. The fraction of sp³-hybridized carbons (Fsp3) is 0.286. The molecule has 3 aromatic rings. The van der Waals surface area contributed by atoms with Crippen LogP contribution in [0, 0.1) is 11.3 Å². The third kappa shape index (κ3) is 5.06. The van der Waals surface area contributed by atoms with Crippen LogP contribution in [0.1, 0.15) is 59.3 Å². The second-order valence-corrected chi connectivity index (χ2v) is 8.78. The summed E-state index contributed by atoms with van der Waals surface area (Å²) in [5, 5.41) is 16.6. The molecule has 0 spiro atoms. The lowest BCUT2D eigenvalue weighted by molar-refractivity contribution is 0.0937. The van der Waals surface area contributed by atoms with E-state index >= 15 is 0 Å². The zero-order valence-corrected chi connectivity index (χ0v) is 18.4. The van der Waals surface area contributed by atoms with Crippen LogP contribution < -0.4 is 5.32 Å². The van der Waals surface area contributed by atoms with Crippen molar-refractivity contribution in [1.29, 1.82) is 5.26 Å². The predicted molar refractivity (Wildman–Crippen MR) is 115 cm³/mol. The van der Waals surface area contributed by atoms with E-state index in [1.165, 1.54) is 24.4 Å². The Morgan fingerprint density at radius 1 is 1.34 bits per heavy atom. The predicted octanol–water partition coefficient (Wildman–Crippen LogP) is 4.87. The highest BCUT2D eigenvalue weighted by molar-refractivity contribution is 7.99. The Bertz CT molecular complexity index is 1190. The van der Waals surface area contributed by atoms with Gasteiger partial charge in [0.05, 0.1) is 11.6 Å². The van der Waals surface area contributed by atoms with E-state index in [-0.39, 0.29) is 21.4 Å². The van der Waals surface area contributed by atoms with Crippen molar-refractivity contribution in [2.75, 3.05) is 0 Å². The Hall–Kier alpha value is -3.03. The molecule has 1 saturated carbocycles. The number of halogens is 3. The first-order valence-electron chi connectivity index (χ1n) is 9.73.